The number of aryl methyl sites for hydroxylation is 1. The van der Waals surface area contributed by atoms with E-state index in [1.54, 1.807) is 18.8 Å². The lowest BCUT2D eigenvalue weighted by Crippen LogP contribution is -1.64. The lowest BCUT2D eigenvalue weighted by atomic mass is 10.2. The van der Waals surface area contributed by atoms with Crippen molar-refractivity contribution in [2.24, 2.45) is 0 Å². The SMILES string of the molecule is Cc1[c]c(-c2ccoc2)co1. The Kier molecular flexibility index (Phi) is 1.32. The second-order valence-electron chi connectivity index (χ2n) is 2.34. The van der Waals surface area contributed by atoms with Crippen LogP contribution in [0.1, 0.15) is 5.76 Å². The average molecular weight is 147 g/mol. The highest BCUT2D eigenvalue weighted by Gasteiger charge is 2.01. The van der Waals surface area contributed by atoms with Crippen LogP contribution >= 0.6 is 0 Å². The summed E-state index contributed by atoms with van der Waals surface area (Å²) in [6.45, 7) is 1.86. The molecule has 0 aliphatic rings. The zero-order chi connectivity index (χ0) is 7.68. The van der Waals surface area contributed by atoms with E-state index in [2.05, 4.69) is 6.07 Å². The van der Waals surface area contributed by atoms with Crippen molar-refractivity contribution in [1.29, 1.82) is 0 Å². The quantitative estimate of drug-likeness (QED) is 0.619. The summed E-state index contributed by atoms with van der Waals surface area (Å²) in [5.74, 6) is 0.793. The van der Waals surface area contributed by atoms with Gasteiger partial charge < -0.3 is 8.83 Å². The summed E-state index contributed by atoms with van der Waals surface area (Å²) in [5.41, 5.74) is 1.94. The topological polar surface area (TPSA) is 26.3 Å². The Hall–Kier alpha value is -1.44. The van der Waals surface area contributed by atoms with Gasteiger partial charge in [0.15, 0.2) is 0 Å². The van der Waals surface area contributed by atoms with Crippen molar-refractivity contribution in [2.75, 3.05) is 0 Å². The minimum absolute atomic E-state index is 0.793. The summed E-state index contributed by atoms with van der Waals surface area (Å²) in [6.07, 6.45) is 4.96. The van der Waals surface area contributed by atoms with E-state index in [9.17, 15) is 0 Å². The van der Waals surface area contributed by atoms with Gasteiger partial charge in [0.05, 0.1) is 18.8 Å². The van der Waals surface area contributed by atoms with Crippen LogP contribution in [0, 0.1) is 13.0 Å². The molecule has 0 unspecified atom stereocenters. The maximum atomic E-state index is 5.09. The van der Waals surface area contributed by atoms with Crippen molar-refractivity contribution < 1.29 is 8.83 Å². The van der Waals surface area contributed by atoms with E-state index in [4.69, 9.17) is 8.83 Å². The van der Waals surface area contributed by atoms with Crippen molar-refractivity contribution in [3.8, 4) is 11.1 Å². The highest BCUT2D eigenvalue weighted by Crippen LogP contribution is 2.20. The van der Waals surface area contributed by atoms with E-state index >= 15 is 0 Å². The zero-order valence-electron chi connectivity index (χ0n) is 6.13. The second kappa shape index (κ2) is 2.31. The lowest BCUT2D eigenvalue weighted by molar-refractivity contribution is 0.534. The predicted octanol–water partition coefficient (Wildman–Crippen LogP) is 2.65. The van der Waals surface area contributed by atoms with Gasteiger partial charge in [0.25, 0.3) is 0 Å². The van der Waals surface area contributed by atoms with Crippen LogP contribution in [0.25, 0.3) is 11.1 Å². The molecule has 2 aromatic heterocycles. The molecule has 0 atom stereocenters. The summed E-state index contributed by atoms with van der Waals surface area (Å²) in [7, 11) is 0. The molecule has 1 radical (unpaired) electrons. The van der Waals surface area contributed by atoms with Crippen LogP contribution in [-0.4, -0.2) is 0 Å². The fraction of sp³-hybridized carbons (Fsp3) is 0.111. The molecule has 0 saturated heterocycles. The van der Waals surface area contributed by atoms with Crippen molar-refractivity contribution in [3.05, 3.63) is 36.7 Å². The zero-order valence-corrected chi connectivity index (χ0v) is 6.13. The number of hydrogen-bond acceptors (Lipinski definition) is 2. The maximum absolute atomic E-state index is 5.09. The molecule has 0 saturated carbocycles. The molecule has 0 aliphatic heterocycles. The standard InChI is InChI=1S/C9H7O2/c1-7-4-9(6-11-7)8-2-3-10-5-8/h2-3,5-6H,1H3. The van der Waals surface area contributed by atoms with Crippen molar-refractivity contribution in [1.82, 2.24) is 0 Å². The Morgan fingerprint density at radius 1 is 1.36 bits per heavy atom. The van der Waals surface area contributed by atoms with Gasteiger partial charge >= 0.3 is 0 Å². The number of rotatable bonds is 1. The molecular weight excluding hydrogens is 140 g/mol. The molecule has 0 fully saturated rings. The molecular formula is C9H7O2. The highest BCUT2D eigenvalue weighted by atomic mass is 16.3. The smallest absolute Gasteiger partial charge is 0.109 e. The van der Waals surface area contributed by atoms with Gasteiger partial charge in [0.1, 0.15) is 5.76 Å². The second-order valence-corrected chi connectivity index (χ2v) is 2.34. The highest BCUT2D eigenvalue weighted by molar-refractivity contribution is 5.60. The lowest BCUT2D eigenvalue weighted by Gasteiger charge is -1.82. The van der Waals surface area contributed by atoms with E-state index in [0.717, 1.165) is 16.9 Å². The van der Waals surface area contributed by atoms with Gasteiger partial charge in [-0.25, -0.2) is 0 Å². The van der Waals surface area contributed by atoms with Gasteiger partial charge in [0.2, 0.25) is 0 Å². The Morgan fingerprint density at radius 3 is 2.82 bits per heavy atom. The molecule has 2 heterocycles. The molecule has 2 heteroatoms. The van der Waals surface area contributed by atoms with Gasteiger partial charge in [0, 0.05) is 17.2 Å². The minimum Gasteiger partial charge on any atom is -0.472 e. The van der Waals surface area contributed by atoms with Crippen LogP contribution in [0.2, 0.25) is 0 Å². The molecule has 2 nitrogen and oxygen atoms in total. The summed E-state index contributed by atoms with van der Waals surface area (Å²) in [5, 5.41) is 0. The summed E-state index contributed by atoms with van der Waals surface area (Å²) in [6, 6.07) is 4.93. The molecule has 2 rings (SSSR count). The minimum atomic E-state index is 0.793. The van der Waals surface area contributed by atoms with Crippen LogP contribution < -0.4 is 0 Å². The summed E-state index contributed by atoms with van der Waals surface area (Å²) >= 11 is 0. The average Bonchev–Trinajstić information content (AvgIpc) is 2.55. The molecule has 0 amide bonds. The van der Waals surface area contributed by atoms with Gasteiger partial charge in [-0.15, -0.1) is 0 Å². The molecule has 0 N–H and O–H groups in total. The molecule has 0 aromatic carbocycles. The predicted molar refractivity (Wildman–Crippen MR) is 40.0 cm³/mol. The van der Waals surface area contributed by atoms with E-state index in [-0.39, 0.29) is 0 Å². The maximum Gasteiger partial charge on any atom is 0.109 e. The van der Waals surface area contributed by atoms with E-state index < -0.39 is 0 Å². The van der Waals surface area contributed by atoms with Crippen molar-refractivity contribution in [2.45, 2.75) is 6.92 Å². The third kappa shape index (κ3) is 1.07. The molecule has 0 spiro atoms. The van der Waals surface area contributed by atoms with E-state index in [0.29, 0.717) is 0 Å². The monoisotopic (exact) mass is 147 g/mol. The number of hydrogen-bond donors (Lipinski definition) is 0. The fourth-order valence-corrected chi connectivity index (χ4v) is 0.954. The Balaban J connectivity index is 2.45. The van der Waals surface area contributed by atoms with Gasteiger partial charge in [-0.2, -0.15) is 0 Å². The Morgan fingerprint density at radius 2 is 2.27 bits per heavy atom. The first-order valence-electron chi connectivity index (χ1n) is 3.36. The van der Waals surface area contributed by atoms with Crippen LogP contribution in [-0.2, 0) is 0 Å². The normalized spacial score (nSPS) is 10.3. The van der Waals surface area contributed by atoms with Crippen LogP contribution in [0.5, 0.6) is 0 Å². The van der Waals surface area contributed by atoms with E-state index in [1.807, 2.05) is 13.0 Å². The van der Waals surface area contributed by atoms with Crippen molar-refractivity contribution >= 4 is 0 Å². The van der Waals surface area contributed by atoms with Crippen molar-refractivity contribution in [3.63, 3.8) is 0 Å². The largest absolute Gasteiger partial charge is 0.472 e. The first-order valence-corrected chi connectivity index (χ1v) is 3.36. The summed E-state index contributed by atoms with van der Waals surface area (Å²) in [4.78, 5) is 0. The third-order valence-corrected chi connectivity index (χ3v) is 1.50. The molecule has 55 valence electrons. The first-order chi connectivity index (χ1) is 5.36. The fourth-order valence-electron chi connectivity index (χ4n) is 0.954. The van der Waals surface area contributed by atoms with Gasteiger partial charge in [-0.1, -0.05) is 0 Å². The molecule has 0 bridgehead atoms. The van der Waals surface area contributed by atoms with Gasteiger partial charge in [-0.3, -0.25) is 0 Å². The van der Waals surface area contributed by atoms with E-state index in [1.165, 1.54) is 0 Å². The third-order valence-electron chi connectivity index (χ3n) is 1.50. The first kappa shape index (κ1) is 6.28. The molecule has 2 aromatic rings. The van der Waals surface area contributed by atoms with Gasteiger partial charge in [-0.05, 0) is 13.0 Å². The van der Waals surface area contributed by atoms with Crippen LogP contribution in [0.3, 0.4) is 0 Å². The van der Waals surface area contributed by atoms with Crippen LogP contribution in [0.4, 0.5) is 0 Å². The Labute approximate surface area is 64.4 Å². The Bertz CT molecular complexity index is 330. The summed E-state index contributed by atoms with van der Waals surface area (Å²) < 4.78 is 10.0. The number of furan rings is 2. The molecule has 11 heavy (non-hydrogen) atoms. The molecule has 0 aliphatic carbocycles. The van der Waals surface area contributed by atoms with Crippen LogP contribution in [0.15, 0.2) is 33.7 Å².